The van der Waals surface area contributed by atoms with Gasteiger partial charge in [-0.05, 0) is 31.5 Å². The van der Waals surface area contributed by atoms with E-state index in [1.54, 1.807) is 13.8 Å². The van der Waals surface area contributed by atoms with Crippen LogP contribution in [0.3, 0.4) is 0 Å². The summed E-state index contributed by atoms with van der Waals surface area (Å²) in [7, 11) is 0. The Balaban J connectivity index is 2.14. The smallest absolute Gasteiger partial charge is 0.158 e. The standard InChI is InChI=1S/C21H19NO2/c1-15(23)19-13-22(18-11-7-4-8-12-18)14-20(16(2)24)21(19)17-9-5-3-6-10-17/h3-14,21H,1-2H3. The van der Waals surface area contributed by atoms with Crippen molar-refractivity contribution in [1.82, 2.24) is 0 Å². The highest BCUT2D eigenvalue weighted by Crippen LogP contribution is 2.37. The first-order valence-electron chi connectivity index (χ1n) is 7.91. The van der Waals surface area contributed by atoms with E-state index in [0.717, 1.165) is 11.3 Å². The molecule has 3 nitrogen and oxygen atoms in total. The minimum Gasteiger partial charge on any atom is -0.323 e. The van der Waals surface area contributed by atoms with E-state index in [9.17, 15) is 9.59 Å². The summed E-state index contributed by atoms with van der Waals surface area (Å²) in [5, 5.41) is 0. The van der Waals surface area contributed by atoms with Gasteiger partial charge in [0.15, 0.2) is 11.6 Å². The maximum atomic E-state index is 12.3. The van der Waals surface area contributed by atoms with Crippen LogP contribution in [0.4, 0.5) is 5.69 Å². The van der Waals surface area contributed by atoms with Gasteiger partial charge in [0.2, 0.25) is 0 Å². The van der Waals surface area contributed by atoms with Gasteiger partial charge in [0, 0.05) is 35.2 Å². The van der Waals surface area contributed by atoms with Gasteiger partial charge >= 0.3 is 0 Å². The molecule has 0 atom stereocenters. The van der Waals surface area contributed by atoms with Gasteiger partial charge in [-0.25, -0.2) is 0 Å². The van der Waals surface area contributed by atoms with Crippen molar-refractivity contribution in [1.29, 1.82) is 0 Å². The molecule has 1 aliphatic rings. The lowest BCUT2D eigenvalue weighted by atomic mass is 9.80. The molecular weight excluding hydrogens is 298 g/mol. The molecule has 0 aromatic heterocycles. The summed E-state index contributed by atoms with van der Waals surface area (Å²) in [5.41, 5.74) is 3.12. The second-order valence-corrected chi connectivity index (χ2v) is 5.87. The molecule has 0 spiro atoms. The largest absolute Gasteiger partial charge is 0.323 e. The summed E-state index contributed by atoms with van der Waals surface area (Å²) in [5.74, 6) is -0.380. The highest BCUT2D eigenvalue weighted by Gasteiger charge is 2.31. The molecular formula is C21H19NO2. The molecule has 2 aromatic carbocycles. The second kappa shape index (κ2) is 6.67. The number of ketones is 2. The third-order valence-electron chi connectivity index (χ3n) is 4.18. The Labute approximate surface area is 141 Å². The predicted octanol–water partition coefficient (Wildman–Crippen LogP) is 4.24. The molecule has 0 unspecified atom stereocenters. The zero-order valence-corrected chi connectivity index (χ0v) is 13.8. The van der Waals surface area contributed by atoms with Crippen LogP contribution in [0.2, 0.25) is 0 Å². The number of allylic oxidation sites excluding steroid dienone is 2. The molecule has 24 heavy (non-hydrogen) atoms. The van der Waals surface area contributed by atoms with E-state index in [4.69, 9.17) is 0 Å². The Morgan fingerprint density at radius 3 is 1.67 bits per heavy atom. The fraction of sp³-hybridized carbons (Fsp3) is 0.143. The summed E-state index contributed by atoms with van der Waals surface area (Å²) in [4.78, 5) is 26.4. The van der Waals surface area contributed by atoms with Crippen molar-refractivity contribution in [3.05, 3.63) is 89.8 Å². The first kappa shape index (κ1) is 15.9. The average molecular weight is 317 g/mol. The number of carbonyl (C=O) groups excluding carboxylic acids is 2. The number of carbonyl (C=O) groups is 2. The number of anilines is 1. The van der Waals surface area contributed by atoms with Crippen LogP contribution in [0.5, 0.6) is 0 Å². The Morgan fingerprint density at radius 1 is 0.750 bits per heavy atom. The normalized spacial score (nSPS) is 14.8. The van der Waals surface area contributed by atoms with Crippen LogP contribution in [0, 0.1) is 0 Å². The van der Waals surface area contributed by atoms with E-state index in [0.29, 0.717) is 11.1 Å². The molecule has 0 bridgehead atoms. The Hall–Kier alpha value is -2.94. The third-order valence-corrected chi connectivity index (χ3v) is 4.18. The molecule has 0 amide bonds. The van der Waals surface area contributed by atoms with Crippen molar-refractivity contribution in [2.75, 3.05) is 4.90 Å². The fourth-order valence-corrected chi connectivity index (χ4v) is 3.00. The summed E-state index contributed by atoms with van der Waals surface area (Å²) in [6.45, 7) is 3.10. The van der Waals surface area contributed by atoms with E-state index in [1.165, 1.54) is 0 Å². The van der Waals surface area contributed by atoms with E-state index < -0.39 is 0 Å². The summed E-state index contributed by atoms with van der Waals surface area (Å²) >= 11 is 0. The maximum absolute atomic E-state index is 12.3. The highest BCUT2D eigenvalue weighted by atomic mass is 16.1. The molecule has 0 N–H and O–H groups in total. The van der Waals surface area contributed by atoms with Gasteiger partial charge in [0.25, 0.3) is 0 Å². The molecule has 1 heterocycles. The van der Waals surface area contributed by atoms with Crippen LogP contribution < -0.4 is 4.90 Å². The van der Waals surface area contributed by atoms with Crippen molar-refractivity contribution in [2.24, 2.45) is 0 Å². The van der Waals surface area contributed by atoms with Gasteiger partial charge in [-0.1, -0.05) is 48.5 Å². The van der Waals surface area contributed by atoms with Gasteiger partial charge in [0.1, 0.15) is 0 Å². The quantitative estimate of drug-likeness (QED) is 0.846. The Kier molecular flexibility index (Phi) is 4.43. The molecule has 0 saturated carbocycles. The predicted molar refractivity (Wildman–Crippen MR) is 95.6 cm³/mol. The minimum atomic E-state index is -0.318. The van der Waals surface area contributed by atoms with Gasteiger partial charge in [-0.2, -0.15) is 0 Å². The van der Waals surface area contributed by atoms with Gasteiger partial charge < -0.3 is 4.90 Å². The number of hydrogen-bond donors (Lipinski definition) is 0. The monoisotopic (exact) mass is 317 g/mol. The first-order valence-corrected chi connectivity index (χ1v) is 7.91. The van der Waals surface area contributed by atoms with E-state index in [2.05, 4.69) is 0 Å². The molecule has 0 radical (unpaired) electrons. The Morgan fingerprint density at radius 2 is 1.21 bits per heavy atom. The van der Waals surface area contributed by atoms with E-state index in [-0.39, 0.29) is 17.5 Å². The summed E-state index contributed by atoms with van der Waals surface area (Å²) in [6.07, 6.45) is 3.67. The average Bonchev–Trinajstić information content (AvgIpc) is 2.62. The van der Waals surface area contributed by atoms with Crippen molar-refractivity contribution < 1.29 is 9.59 Å². The van der Waals surface area contributed by atoms with Crippen molar-refractivity contribution in [2.45, 2.75) is 19.8 Å². The molecule has 2 aromatic rings. The summed E-state index contributed by atoms with van der Waals surface area (Å²) < 4.78 is 0. The third kappa shape index (κ3) is 3.06. The number of Topliss-reactive ketones (excluding diaryl/α,β-unsaturated/α-hetero) is 2. The van der Waals surface area contributed by atoms with Gasteiger partial charge in [-0.15, -0.1) is 0 Å². The molecule has 0 aliphatic carbocycles. The van der Waals surface area contributed by atoms with Gasteiger partial charge in [-0.3, -0.25) is 9.59 Å². The van der Waals surface area contributed by atoms with E-state index in [1.807, 2.05) is 78.0 Å². The lowest BCUT2D eigenvalue weighted by Crippen LogP contribution is -2.26. The lowest BCUT2D eigenvalue weighted by Gasteiger charge is -2.30. The van der Waals surface area contributed by atoms with Crippen LogP contribution in [-0.4, -0.2) is 11.6 Å². The number of hydrogen-bond acceptors (Lipinski definition) is 3. The van der Waals surface area contributed by atoms with Crippen molar-refractivity contribution in [3.63, 3.8) is 0 Å². The summed E-state index contributed by atoms with van der Waals surface area (Å²) in [6, 6.07) is 19.4. The SMILES string of the molecule is CC(=O)C1=CN(c2ccccc2)C=C(C(C)=O)C1c1ccccc1. The van der Waals surface area contributed by atoms with Gasteiger partial charge in [0.05, 0.1) is 0 Å². The maximum Gasteiger partial charge on any atom is 0.158 e. The molecule has 120 valence electrons. The number of rotatable bonds is 4. The molecule has 0 saturated heterocycles. The number of benzene rings is 2. The number of para-hydroxylation sites is 1. The van der Waals surface area contributed by atoms with Crippen molar-refractivity contribution in [3.8, 4) is 0 Å². The molecule has 0 fully saturated rings. The second-order valence-electron chi connectivity index (χ2n) is 5.87. The Bertz CT molecular complexity index is 787. The molecule has 3 rings (SSSR count). The highest BCUT2D eigenvalue weighted by molar-refractivity contribution is 6.03. The minimum absolute atomic E-state index is 0.0309. The zero-order chi connectivity index (χ0) is 17.1. The van der Waals surface area contributed by atoms with Crippen molar-refractivity contribution >= 4 is 17.3 Å². The topological polar surface area (TPSA) is 37.4 Å². The van der Waals surface area contributed by atoms with Crippen LogP contribution in [0.25, 0.3) is 0 Å². The number of nitrogens with zero attached hydrogens (tertiary/aromatic N) is 1. The van der Waals surface area contributed by atoms with E-state index >= 15 is 0 Å². The van der Waals surface area contributed by atoms with Crippen LogP contribution in [-0.2, 0) is 9.59 Å². The van der Waals surface area contributed by atoms with Crippen LogP contribution >= 0.6 is 0 Å². The molecule has 1 aliphatic heterocycles. The van der Waals surface area contributed by atoms with Crippen LogP contribution in [0.1, 0.15) is 25.3 Å². The molecule has 3 heteroatoms. The van der Waals surface area contributed by atoms with Crippen LogP contribution in [0.15, 0.2) is 84.2 Å². The first-order chi connectivity index (χ1) is 11.6. The lowest BCUT2D eigenvalue weighted by molar-refractivity contribution is -0.114. The zero-order valence-electron chi connectivity index (χ0n) is 13.8. The fourth-order valence-electron chi connectivity index (χ4n) is 3.00.